The van der Waals surface area contributed by atoms with Gasteiger partial charge in [-0.05, 0) is 43.0 Å². The van der Waals surface area contributed by atoms with Crippen molar-refractivity contribution in [2.24, 2.45) is 5.92 Å². The van der Waals surface area contributed by atoms with E-state index in [1.807, 2.05) is 0 Å². The standard InChI is InChI=1S/C19H21N5OS/c25-17-9-16(14-1-2-14)22-12-24(17)10-13-3-6-23(7-4-13)18-15-5-8-26-19(15)21-11-20-18/h5,8-9,11-14H,1-4,6-7,10H2. The zero-order valence-corrected chi connectivity index (χ0v) is 15.4. The molecule has 1 aliphatic heterocycles. The molecular weight excluding hydrogens is 346 g/mol. The van der Waals surface area contributed by atoms with Gasteiger partial charge < -0.3 is 4.90 Å². The molecule has 0 amide bonds. The fourth-order valence-electron chi connectivity index (χ4n) is 3.81. The molecule has 0 spiro atoms. The maximum atomic E-state index is 12.3. The molecule has 0 atom stereocenters. The number of anilines is 1. The summed E-state index contributed by atoms with van der Waals surface area (Å²) in [5, 5.41) is 3.22. The van der Waals surface area contributed by atoms with Gasteiger partial charge in [-0.2, -0.15) is 0 Å². The second kappa shape index (κ2) is 6.46. The normalized spacial score (nSPS) is 18.5. The molecule has 1 saturated heterocycles. The van der Waals surface area contributed by atoms with Gasteiger partial charge in [-0.3, -0.25) is 9.36 Å². The molecule has 5 rings (SSSR count). The average molecular weight is 367 g/mol. The Balaban J connectivity index is 1.26. The quantitative estimate of drug-likeness (QED) is 0.709. The van der Waals surface area contributed by atoms with Crippen LogP contribution in [-0.2, 0) is 6.54 Å². The molecule has 26 heavy (non-hydrogen) atoms. The summed E-state index contributed by atoms with van der Waals surface area (Å²) in [5.74, 6) is 2.09. The highest BCUT2D eigenvalue weighted by Crippen LogP contribution is 2.38. The van der Waals surface area contributed by atoms with Crippen molar-refractivity contribution in [1.29, 1.82) is 0 Å². The molecule has 1 aliphatic carbocycles. The molecule has 0 aromatic carbocycles. The van der Waals surface area contributed by atoms with Crippen molar-refractivity contribution >= 4 is 27.4 Å². The third-order valence-electron chi connectivity index (χ3n) is 5.51. The van der Waals surface area contributed by atoms with Crippen LogP contribution in [0.25, 0.3) is 10.2 Å². The number of thiophene rings is 1. The largest absolute Gasteiger partial charge is 0.356 e. The zero-order valence-electron chi connectivity index (χ0n) is 14.5. The molecule has 0 N–H and O–H groups in total. The van der Waals surface area contributed by atoms with Crippen molar-refractivity contribution in [3.05, 3.63) is 46.2 Å². The lowest BCUT2D eigenvalue weighted by Crippen LogP contribution is -2.37. The van der Waals surface area contributed by atoms with Crippen LogP contribution in [0.15, 0.2) is 35.0 Å². The molecule has 0 radical (unpaired) electrons. The van der Waals surface area contributed by atoms with Gasteiger partial charge in [0, 0.05) is 31.6 Å². The van der Waals surface area contributed by atoms with E-state index in [1.54, 1.807) is 34.6 Å². The van der Waals surface area contributed by atoms with E-state index in [4.69, 9.17) is 0 Å². The Morgan fingerprint density at radius 3 is 2.73 bits per heavy atom. The SMILES string of the molecule is O=c1cc(C2CC2)ncn1CC1CCN(c2ncnc3sccc23)CC1. The summed E-state index contributed by atoms with van der Waals surface area (Å²) in [7, 11) is 0. The van der Waals surface area contributed by atoms with Gasteiger partial charge in [-0.25, -0.2) is 15.0 Å². The highest BCUT2D eigenvalue weighted by molar-refractivity contribution is 7.16. The number of rotatable bonds is 4. The Hall–Kier alpha value is -2.28. The molecule has 0 unspecified atom stereocenters. The molecule has 4 heterocycles. The second-order valence-electron chi connectivity index (χ2n) is 7.35. The van der Waals surface area contributed by atoms with Gasteiger partial charge in [0.25, 0.3) is 5.56 Å². The van der Waals surface area contributed by atoms with Gasteiger partial charge in [-0.15, -0.1) is 11.3 Å². The molecule has 3 aromatic heterocycles. The Kier molecular flexibility index (Phi) is 3.96. The fourth-order valence-corrected chi connectivity index (χ4v) is 4.54. The first kappa shape index (κ1) is 15.9. The maximum Gasteiger partial charge on any atom is 0.253 e. The minimum atomic E-state index is 0.0973. The number of fused-ring (bicyclic) bond motifs is 1. The van der Waals surface area contributed by atoms with Crippen LogP contribution < -0.4 is 10.5 Å². The van der Waals surface area contributed by atoms with Crippen LogP contribution in [0.4, 0.5) is 5.82 Å². The van der Waals surface area contributed by atoms with E-state index in [0.717, 1.165) is 54.2 Å². The number of hydrogen-bond acceptors (Lipinski definition) is 6. The predicted octanol–water partition coefficient (Wildman–Crippen LogP) is 3.04. The van der Waals surface area contributed by atoms with Gasteiger partial charge in [-0.1, -0.05) is 0 Å². The highest BCUT2D eigenvalue weighted by Gasteiger charge is 2.26. The monoisotopic (exact) mass is 367 g/mol. The van der Waals surface area contributed by atoms with Crippen molar-refractivity contribution in [1.82, 2.24) is 19.5 Å². The first-order valence-electron chi connectivity index (χ1n) is 9.27. The zero-order chi connectivity index (χ0) is 17.5. The lowest BCUT2D eigenvalue weighted by atomic mass is 9.96. The number of piperidine rings is 1. The smallest absolute Gasteiger partial charge is 0.253 e. The minimum absolute atomic E-state index is 0.0973. The first-order valence-corrected chi connectivity index (χ1v) is 10.2. The van der Waals surface area contributed by atoms with Crippen LogP contribution in [0.2, 0.25) is 0 Å². The summed E-state index contributed by atoms with van der Waals surface area (Å²) >= 11 is 1.65. The van der Waals surface area contributed by atoms with E-state index in [9.17, 15) is 4.79 Å². The highest BCUT2D eigenvalue weighted by atomic mass is 32.1. The number of aromatic nitrogens is 4. The lowest BCUT2D eigenvalue weighted by Gasteiger charge is -2.33. The van der Waals surface area contributed by atoms with Crippen molar-refractivity contribution in [2.45, 2.75) is 38.1 Å². The number of hydrogen-bond donors (Lipinski definition) is 0. The third kappa shape index (κ3) is 3.00. The summed E-state index contributed by atoms with van der Waals surface area (Å²) in [6.45, 7) is 2.70. The fraction of sp³-hybridized carbons (Fsp3) is 0.474. The van der Waals surface area contributed by atoms with Crippen LogP contribution in [0, 0.1) is 5.92 Å². The van der Waals surface area contributed by atoms with E-state index in [-0.39, 0.29) is 5.56 Å². The Morgan fingerprint density at radius 1 is 1.12 bits per heavy atom. The summed E-state index contributed by atoms with van der Waals surface area (Å²) in [4.78, 5) is 29.1. The molecular formula is C19H21N5OS. The second-order valence-corrected chi connectivity index (χ2v) is 8.24. The van der Waals surface area contributed by atoms with Gasteiger partial charge >= 0.3 is 0 Å². The summed E-state index contributed by atoms with van der Waals surface area (Å²) in [6.07, 6.45) is 7.89. The van der Waals surface area contributed by atoms with Crippen LogP contribution in [0.3, 0.4) is 0 Å². The predicted molar refractivity (Wildman–Crippen MR) is 103 cm³/mol. The number of nitrogens with zero attached hydrogens (tertiary/aromatic N) is 5. The van der Waals surface area contributed by atoms with Crippen molar-refractivity contribution in [3.8, 4) is 0 Å². The third-order valence-corrected chi connectivity index (χ3v) is 6.33. The van der Waals surface area contributed by atoms with Crippen LogP contribution in [0.1, 0.15) is 37.3 Å². The van der Waals surface area contributed by atoms with Gasteiger partial charge in [0.15, 0.2) is 0 Å². The topological polar surface area (TPSA) is 63.9 Å². The molecule has 2 fully saturated rings. The summed E-state index contributed by atoms with van der Waals surface area (Å²) < 4.78 is 1.79. The Bertz CT molecular complexity index is 985. The summed E-state index contributed by atoms with van der Waals surface area (Å²) in [5.41, 5.74) is 1.07. The maximum absolute atomic E-state index is 12.3. The molecule has 7 heteroatoms. The van der Waals surface area contributed by atoms with E-state index in [2.05, 4.69) is 31.3 Å². The van der Waals surface area contributed by atoms with Gasteiger partial charge in [0.1, 0.15) is 17.0 Å². The van der Waals surface area contributed by atoms with Crippen molar-refractivity contribution in [3.63, 3.8) is 0 Å². The molecule has 134 valence electrons. The van der Waals surface area contributed by atoms with Gasteiger partial charge in [0.2, 0.25) is 0 Å². The van der Waals surface area contributed by atoms with E-state index >= 15 is 0 Å². The van der Waals surface area contributed by atoms with Crippen LogP contribution in [0.5, 0.6) is 0 Å². The Labute approximate surface area is 155 Å². The summed E-state index contributed by atoms with van der Waals surface area (Å²) in [6, 6.07) is 3.84. The molecule has 3 aromatic rings. The molecule has 0 bridgehead atoms. The molecule has 2 aliphatic rings. The van der Waals surface area contributed by atoms with E-state index in [1.165, 1.54) is 12.8 Å². The van der Waals surface area contributed by atoms with Crippen molar-refractivity contribution in [2.75, 3.05) is 18.0 Å². The molecule has 6 nitrogen and oxygen atoms in total. The Morgan fingerprint density at radius 2 is 1.96 bits per heavy atom. The van der Waals surface area contributed by atoms with Crippen LogP contribution in [-0.4, -0.2) is 32.6 Å². The van der Waals surface area contributed by atoms with E-state index in [0.29, 0.717) is 11.8 Å². The van der Waals surface area contributed by atoms with E-state index < -0.39 is 0 Å². The minimum Gasteiger partial charge on any atom is -0.356 e. The van der Waals surface area contributed by atoms with Gasteiger partial charge in [0.05, 0.1) is 17.4 Å². The first-order chi connectivity index (χ1) is 12.8. The lowest BCUT2D eigenvalue weighted by molar-refractivity contribution is 0.350. The van der Waals surface area contributed by atoms with Crippen molar-refractivity contribution < 1.29 is 0 Å². The van der Waals surface area contributed by atoms with Crippen LogP contribution >= 0.6 is 11.3 Å². The average Bonchev–Trinajstić information content (AvgIpc) is 3.40. The molecule has 1 saturated carbocycles.